The monoisotopic (exact) mass is 374 g/mol. The van der Waals surface area contributed by atoms with Crippen molar-refractivity contribution in [3.8, 4) is 0 Å². The van der Waals surface area contributed by atoms with Gasteiger partial charge >= 0.3 is 0 Å². The van der Waals surface area contributed by atoms with Gasteiger partial charge in [0.25, 0.3) is 0 Å². The van der Waals surface area contributed by atoms with E-state index in [9.17, 15) is 9.18 Å². The standard InChI is InChI=1S/C19H23FN4OS/c1-23(2)18(25)12-22-19(21-11-17-4-3-9-26-17)24-8-7-14-10-16(20)6-5-15(14)13-24/h3-6,9-10H,7-8,11-13H2,1-2H3,(H,21,22). The summed E-state index contributed by atoms with van der Waals surface area (Å²) in [6, 6.07) is 9.01. The lowest BCUT2D eigenvalue weighted by molar-refractivity contribution is -0.127. The number of hydrogen-bond acceptors (Lipinski definition) is 3. The van der Waals surface area contributed by atoms with Crippen molar-refractivity contribution in [2.75, 3.05) is 27.2 Å². The van der Waals surface area contributed by atoms with Gasteiger partial charge in [-0.05, 0) is 41.1 Å². The molecule has 26 heavy (non-hydrogen) atoms. The van der Waals surface area contributed by atoms with Gasteiger partial charge in [0.2, 0.25) is 5.91 Å². The number of hydrogen-bond donors (Lipinski definition) is 1. The van der Waals surface area contributed by atoms with Crippen LogP contribution in [0.25, 0.3) is 0 Å². The molecule has 0 atom stereocenters. The molecule has 1 aliphatic rings. The van der Waals surface area contributed by atoms with Gasteiger partial charge < -0.3 is 15.1 Å². The molecule has 1 aromatic carbocycles. The number of nitrogens with zero attached hydrogens (tertiary/aromatic N) is 3. The van der Waals surface area contributed by atoms with Gasteiger partial charge in [-0.3, -0.25) is 4.79 Å². The Balaban J connectivity index is 1.74. The quantitative estimate of drug-likeness (QED) is 0.661. The summed E-state index contributed by atoms with van der Waals surface area (Å²) in [4.78, 5) is 21.3. The number of carbonyl (C=O) groups is 1. The lowest BCUT2D eigenvalue weighted by atomic mass is 10.00. The topological polar surface area (TPSA) is 47.9 Å². The summed E-state index contributed by atoms with van der Waals surface area (Å²) < 4.78 is 13.4. The SMILES string of the molecule is CN(C)C(=O)CN=C(NCc1cccs1)N1CCc2cc(F)ccc2C1. The number of carbonyl (C=O) groups excluding carboxylic acids is 1. The van der Waals surface area contributed by atoms with Gasteiger partial charge in [0.05, 0.1) is 6.54 Å². The maximum atomic E-state index is 13.4. The van der Waals surface area contributed by atoms with E-state index in [1.165, 1.54) is 15.8 Å². The third kappa shape index (κ3) is 4.60. The number of aliphatic imine (C=N–C) groups is 1. The first kappa shape index (κ1) is 18.4. The van der Waals surface area contributed by atoms with E-state index in [2.05, 4.69) is 21.3 Å². The number of guanidine groups is 1. The molecule has 2 heterocycles. The first-order valence-electron chi connectivity index (χ1n) is 8.56. The van der Waals surface area contributed by atoms with E-state index in [-0.39, 0.29) is 18.3 Å². The van der Waals surface area contributed by atoms with E-state index in [4.69, 9.17) is 0 Å². The molecular formula is C19H23FN4OS. The zero-order valence-electron chi connectivity index (χ0n) is 15.0. The largest absolute Gasteiger partial charge is 0.351 e. The van der Waals surface area contributed by atoms with Crippen molar-refractivity contribution < 1.29 is 9.18 Å². The molecule has 1 N–H and O–H groups in total. The molecule has 0 radical (unpaired) electrons. The maximum Gasteiger partial charge on any atom is 0.243 e. The molecule has 0 spiro atoms. The molecule has 138 valence electrons. The van der Waals surface area contributed by atoms with Gasteiger partial charge in [-0.1, -0.05) is 12.1 Å². The summed E-state index contributed by atoms with van der Waals surface area (Å²) in [7, 11) is 3.45. The Hall–Kier alpha value is -2.41. The van der Waals surface area contributed by atoms with Crippen LogP contribution in [0.15, 0.2) is 40.7 Å². The number of thiophene rings is 1. The lowest BCUT2D eigenvalue weighted by Gasteiger charge is -2.32. The van der Waals surface area contributed by atoms with Crippen molar-refractivity contribution in [1.29, 1.82) is 0 Å². The van der Waals surface area contributed by atoms with E-state index in [1.807, 2.05) is 17.5 Å². The second kappa shape index (κ2) is 8.31. The van der Waals surface area contributed by atoms with Crippen molar-refractivity contribution in [2.24, 2.45) is 4.99 Å². The summed E-state index contributed by atoms with van der Waals surface area (Å²) in [5.74, 6) is 0.474. The van der Waals surface area contributed by atoms with Gasteiger partial charge in [0.1, 0.15) is 12.4 Å². The van der Waals surface area contributed by atoms with Crippen molar-refractivity contribution in [2.45, 2.75) is 19.5 Å². The highest BCUT2D eigenvalue weighted by Gasteiger charge is 2.20. The second-order valence-electron chi connectivity index (χ2n) is 6.45. The Labute approximate surface area is 157 Å². The Morgan fingerprint density at radius 2 is 2.19 bits per heavy atom. The zero-order valence-corrected chi connectivity index (χ0v) is 15.9. The summed E-state index contributed by atoms with van der Waals surface area (Å²) in [5.41, 5.74) is 2.14. The van der Waals surface area contributed by atoms with Crippen LogP contribution in [-0.4, -0.2) is 48.9 Å². The Morgan fingerprint density at radius 1 is 1.35 bits per heavy atom. The van der Waals surface area contributed by atoms with Crippen LogP contribution in [0.4, 0.5) is 4.39 Å². The fraction of sp³-hybridized carbons (Fsp3) is 0.368. The van der Waals surface area contributed by atoms with Gasteiger partial charge in [0, 0.05) is 32.1 Å². The smallest absolute Gasteiger partial charge is 0.243 e. The highest BCUT2D eigenvalue weighted by molar-refractivity contribution is 7.09. The lowest BCUT2D eigenvalue weighted by Crippen LogP contribution is -2.44. The van der Waals surface area contributed by atoms with Crippen LogP contribution in [0.2, 0.25) is 0 Å². The van der Waals surface area contributed by atoms with E-state index in [0.29, 0.717) is 19.0 Å². The predicted molar refractivity (Wildman–Crippen MR) is 103 cm³/mol. The maximum absolute atomic E-state index is 13.4. The van der Waals surface area contributed by atoms with Crippen molar-refractivity contribution in [3.05, 3.63) is 57.5 Å². The van der Waals surface area contributed by atoms with Crippen LogP contribution in [0.3, 0.4) is 0 Å². The fourth-order valence-corrected chi connectivity index (χ4v) is 3.48. The second-order valence-corrected chi connectivity index (χ2v) is 7.48. The summed E-state index contributed by atoms with van der Waals surface area (Å²) in [5, 5.41) is 5.41. The minimum absolute atomic E-state index is 0.0418. The van der Waals surface area contributed by atoms with Gasteiger partial charge in [-0.2, -0.15) is 0 Å². The summed E-state index contributed by atoms with van der Waals surface area (Å²) >= 11 is 1.68. The van der Waals surface area contributed by atoms with Gasteiger partial charge in [-0.15, -0.1) is 11.3 Å². The van der Waals surface area contributed by atoms with Gasteiger partial charge in [0.15, 0.2) is 5.96 Å². The fourth-order valence-electron chi connectivity index (χ4n) is 2.83. The van der Waals surface area contributed by atoms with E-state index >= 15 is 0 Å². The average molecular weight is 374 g/mol. The van der Waals surface area contributed by atoms with Crippen LogP contribution in [-0.2, 0) is 24.3 Å². The van der Waals surface area contributed by atoms with Crippen molar-refractivity contribution in [3.63, 3.8) is 0 Å². The van der Waals surface area contributed by atoms with E-state index in [1.54, 1.807) is 31.5 Å². The molecule has 0 saturated carbocycles. The molecule has 0 fully saturated rings. The van der Waals surface area contributed by atoms with Crippen LogP contribution in [0.1, 0.15) is 16.0 Å². The van der Waals surface area contributed by atoms with E-state index in [0.717, 1.165) is 24.1 Å². The first-order valence-corrected chi connectivity index (χ1v) is 9.44. The minimum atomic E-state index is -0.196. The molecule has 1 aliphatic heterocycles. The van der Waals surface area contributed by atoms with Crippen LogP contribution in [0.5, 0.6) is 0 Å². The molecular weight excluding hydrogens is 351 g/mol. The minimum Gasteiger partial charge on any atom is -0.351 e. The number of halogens is 1. The van der Waals surface area contributed by atoms with Crippen LogP contribution in [0, 0.1) is 5.82 Å². The number of fused-ring (bicyclic) bond motifs is 1. The number of likely N-dealkylation sites (N-methyl/N-ethyl adjacent to an activating group) is 1. The molecule has 0 aliphatic carbocycles. The highest BCUT2D eigenvalue weighted by Crippen LogP contribution is 2.20. The number of amides is 1. The molecule has 1 amide bonds. The Kier molecular flexibility index (Phi) is 5.88. The Bertz CT molecular complexity index is 789. The highest BCUT2D eigenvalue weighted by atomic mass is 32.1. The molecule has 7 heteroatoms. The molecule has 0 saturated heterocycles. The molecule has 3 rings (SSSR count). The third-order valence-electron chi connectivity index (χ3n) is 4.34. The number of benzene rings is 1. The van der Waals surface area contributed by atoms with Crippen molar-refractivity contribution in [1.82, 2.24) is 15.1 Å². The summed E-state index contributed by atoms with van der Waals surface area (Å²) in [6.07, 6.45) is 0.758. The molecule has 0 unspecified atom stereocenters. The van der Waals surface area contributed by atoms with Crippen molar-refractivity contribution >= 4 is 23.2 Å². The Morgan fingerprint density at radius 3 is 2.92 bits per heavy atom. The average Bonchev–Trinajstić information content (AvgIpc) is 3.14. The molecule has 1 aromatic heterocycles. The molecule has 5 nitrogen and oxygen atoms in total. The van der Waals surface area contributed by atoms with Gasteiger partial charge in [-0.25, -0.2) is 9.38 Å². The number of rotatable bonds is 4. The third-order valence-corrected chi connectivity index (χ3v) is 5.22. The predicted octanol–water partition coefficient (Wildman–Crippen LogP) is 2.48. The normalized spacial score (nSPS) is 14.1. The van der Waals surface area contributed by atoms with E-state index < -0.39 is 0 Å². The van der Waals surface area contributed by atoms with Crippen LogP contribution < -0.4 is 5.32 Å². The molecule has 2 aromatic rings. The zero-order chi connectivity index (χ0) is 18.5. The van der Waals surface area contributed by atoms with Crippen LogP contribution >= 0.6 is 11.3 Å². The first-order chi connectivity index (χ1) is 12.5. The molecule has 0 bridgehead atoms. The summed E-state index contributed by atoms with van der Waals surface area (Å²) in [6.45, 7) is 2.16. The number of nitrogens with one attached hydrogen (secondary N) is 1.